The number of carbonyl (C=O) groups excluding carboxylic acids is 2. The van der Waals surface area contributed by atoms with E-state index in [9.17, 15) is 14.7 Å². The second-order valence-corrected chi connectivity index (χ2v) is 9.82. The van der Waals surface area contributed by atoms with Crippen LogP contribution in [-0.2, 0) is 9.59 Å². The third kappa shape index (κ3) is 5.07. The van der Waals surface area contributed by atoms with Crippen LogP contribution >= 0.6 is 11.6 Å². The predicted molar refractivity (Wildman–Crippen MR) is 147 cm³/mol. The number of halogens is 1. The zero-order valence-corrected chi connectivity index (χ0v) is 22.7. The van der Waals surface area contributed by atoms with Crippen LogP contribution < -0.4 is 19.1 Å². The molecule has 0 saturated carbocycles. The summed E-state index contributed by atoms with van der Waals surface area (Å²) in [6.45, 7) is 6.56. The first kappa shape index (κ1) is 27.1. The smallest absolute Gasteiger partial charge is 0.300 e. The highest BCUT2D eigenvalue weighted by atomic mass is 35.5. The molecule has 38 heavy (non-hydrogen) atoms. The summed E-state index contributed by atoms with van der Waals surface area (Å²) in [4.78, 5) is 28.4. The zero-order valence-electron chi connectivity index (χ0n) is 21.9. The summed E-state index contributed by atoms with van der Waals surface area (Å²) in [7, 11) is 2.89. The third-order valence-corrected chi connectivity index (χ3v) is 6.65. The lowest BCUT2D eigenvalue weighted by molar-refractivity contribution is -0.132. The monoisotopic (exact) mass is 535 g/mol. The lowest BCUT2D eigenvalue weighted by atomic mass is 9.92. The van der Waals surface area contributed by atoms with Gasteiger partial charge in [0.1, 0.15) is 23.0 Å². The maximum Gasteiger partial charge on any atom is 0.300 e. The van der Waals surface area contributed by atoms with Crippen LogP contribution in [0.15, 0.2) is 66.2 Å². The second-order valence-electron chi connectivity index (χ2n) is 9.41. The van der Waals surface area contributed by atoms with Crippen LogP contribution in [0.25, 0.3) is 5.76 Å². The molecule has 1 aliphatic rings. The van der Waals surface area contributed by atoms with Crippen molar-refractivity contribution in [3.63, 3.8) is 0 Å². The van der Waals surface area contributed by atoms with Gasteiger partial charge in [0, 0.05) is 11.8 Å². The molecule has 0 bridgehead atoms. The Bertz CT molecular complexity index is 1400. The molecule has 1 aliphatic heterocycles. The van der Waals surface area contributed by atoms with Crippen LogP contribution in [0, 0.1) is 12.8 Å². The highest BCUT2D eigenvalue weighted by Crippen LogP contribution is 2.45. The van der Waals surface area contributed by atoms with E-state index in [2.05, 4.69) is 13.8 Å². The molecule has 1 fully saturated rings. The summed E-state index contributed by atoms with van der Waals surface area (Å²) in [5.41, 5.74) is 2.16. The maximum absolute atomic E-state index is 13.5. The number of anilines is 1. The van der Waals surface area contributed by atoms with E-state index in [-0.39, 0.29) is 21.9 Å². The lowest BCUT2D eigenvalue weighted by Gasteiger charge is -2.27. The maximum atomic E-state index is 13.5. The van der Waals surface area contributed by atoms with Crippen molar-refractivity contribution in [3.05, 3.63) is 87.9 Å². The number of ketones is 1. The van der Waals surface area contributed by atoms with Gasteiger partial charge in [-0.15, -0.1) is 0 Å². The molecular weight excluding hydrogens is 506 g/mol. The number of benzene rings is 3. The largest absolute Gasteiger partial charge is 0.507 e. The predicted octanol–water partition coefficient (Wildman–Crippen LogP) is 6.33. The van der Waals surface area contributed by atoms with Crippen LogP contribution in [0.3, 0.4) is 0 Å². The molecule has 1 amide bonds. The van der Waals surface area contributed by atoms with Crippen molar-refractivity contribution in [3.8, 4) is 17.2 Å². The van der Waals surface area contributed by atoms with Gasteiger partial charge in [0.05, 0.1) is 43.0 Å². The molecule has 3 aromatic carbocycles. The normalized spacial score (nSPS) is 16.7. The van der Waals surface area contributed by atoms with Crippen molar-refractivity contribution in [1.82, 2.24) is 0 Å². The van der Waals surface area contributed by atoms with E-state index in [0.717, 1.165) is 5.56 Å². The fourth-order valence-electron chi connectivity index (χ4n) is 4.44. The highest BCUT2D eigenvalue weighted by Gasteiger charge is 2.47. The fourth-order valence-corrected chi connectivity index (χ4v) is 4.68. The van der Waals surface area contributed by atoms with Crippen molar-refractivity contribution >= 4 is 34.7 Å². The van der Waals surface area contributed by atoms with E-state index in [1.54, 1.807) is 24.3 Å². The Morgan fingerprint density at radius 3 is 2.26 bits per heavy atom. The molecule has 8 heteroatoms. The first-order chi connectivity index (χ1) is 18.2. The van der Waals surface area contributed by atoms with Crippen LogP contribution in [0.5, 0.6) is 17.2 Å². The minimum atomic E-state index is -0.885. The molecule has 1 atom stereocenters. The Hall–Kier alpha value is -3.97. The summed E-state index contributed by atoms with van der Waals surface area (Å²) in [5, 5.41) is 11.8. The quantitative estimate of drug-likeness (QED) is 0.206. The number of methoxy groups -OCH3 is 2. The second kappa shape index (κ2) is 11.2. The number of aryl methyl sites for hydroxylation is 1. The van der Waals surface area contributed by atoms with Crippen molar-refractivity contribution < 1.29 is 28.9 Å². The zero-order chi connectivity index (χ0) is 27.6. The molecule has 0 spiro atoms. The van der Waals surface area contributed by atoms with E-state index < -0.39 is 23.5 Å². The number of nitrogens with zero attached hydrogens (tertiary/aromatic N) is 1. The molecule has 0 aliphatic carbocycles. The molecule has 4 rings (SSSR count). The van der Waals surface area contributed by atoms with E-state index in [1.807, 2.05) is 31.2 Å². The number of aliphatic hydroxyl groups is 1. The Morgan fingerprint density at radius 2 is 1.66 bits per heavy atom. The van der Waals surface area contributed by atoms with Crippen LogP contribution in [-0.4, -0.2) is 37.6 Å². The summed E-state index contributed by atoms with van der Waals surface area (Å²) >= 11 is 6.35. The number of ether oxygens (including phenoxy) is 3. The van der Waals surface area contributed by atoms with Gasteiger partial charge < -0.3 is 19.3 Å². The van der Waals surface area contributed by atoms with Gasteiger partial charge in [-0.1, -0.05) is 49.7 Å². The molecule has 1 saturated heterocycles. The first-order valence-electron chi connectivity index (χ1n) is 12.2. The molecule has 1 N–H and O–H groups in total. The Kier molecular flexibility index (Phi) is 7.97. The standard InChI is InChI=1S/C30H30ClNO6/c1-17(2)16-38-20-12-10-19(11-13-20)32-27(21-9-7-6-8-18(21)3)26(29(34)30(32)35)28(33)22-14-23(31)25(37-5)15-24(22)36-4/h6-15,17,27,33H,16H2,1-5H3/b28-26+. The number of Topliss-reactive ketones (excluding diaryl/α,β-unsaturated/α-hetero) is 1. The Balaban J connectivity index is 1.90. The SMILES string of the molecule is COc1cc(OC)c(/C(O)=C2\C(=O)C(=O)N(c3ccc(OCC(C)C)cc3)C2c2ccccc2C)cc1Cl. The fraction of sp³-hybridized carbons (Fsp3) is 0.267. The van der Waals surface area contributed by atoms with Gasteiger partial charge in [-0.2, -0.15) is 0 Å². The van der Waals surface area contributed by atoms with E-state index in [1.165, 1.54) is 31.3 Å². The minimum absolute atomic E-state index is 0.0658. The highest BCUT2D eigenvalue weighted by molar-refractivity contribution is 6.51. The molecular formula is C30H30ClNO6. The molecule has 1 unspecified atom stereocenters. The van der Waals surface area contributed by atoms with Gasteiger partial charge in [-0.3, -0.25) is 14.5 Å². The summed E-state index contributed by atoms with van der Waals surface area (Å²) < 4.78 is 16.5. The topological polar surface area (TPSA) is 85.3 Å². The lowest BCUT2D eigenvalue weighted by Crippen LogP contribution is -2.29. The van der Waals surface area contributed by atoms with E-state index in [0.29, 0.717) is 35.3 Å². The summed E-state index contributed by atoms with van der Waals surface area (Å²) in [6.07, 6.45) is 0. The number of amides is 1. The average molecular weight is 536 g/mol. The minimum Gasteiger partial charge on any atom is -0.507 e. The molecule has 0 aromatic heterocycles. The van der Waals surface area contributed by atoms with Gasteiger partial charge in [0.25, 0.3) is 11.7 Å². The van der Waals surface area contributed by atoms with Crippen LogP contribution in [0.2, 0.25) is 5.02 Å². The molecule has 1 heterocycles. The van der Waals surface area contributed by atoms with Crippen molar-refractivity contribution in [2.45, 2.75) is 26.8 Å². The number of rotatable bonds is 8. The molecule has 0 radical (unpaired) electrons. The Morgan fingerprint density at radius 1 is 1.00 bits per heavy atom. The molecule has 198 valence electrons. The number of aliphatic hydroxyl groups excluding tert-OH is 1. The number of hydrogen-bond acceptors (Lipinski definition) is 6. The van der Waals surface area contributed by atoms with Crippen molar-refractivity contribution in [1.29, 1.82) is 0 Å². The summed E-state index contributed by atoms with van der Waals surface area (Å²) in [5.74, 6) is -0.363. The van der Waals surface area contributed by atoms with Gasteiger partial charge in [0.15, 0.2) is 0 Å². The van der Waals surface area contributed by atoms with Gasteiger partial charge in [-0.25, -0.2) is 0 Å². The van der Waals surface area contributed by atoms with Crippen LogP contribution in [0.4, 0.5) is 5.69 Å². The third-order valence-electron chi connectivity index (χ3n) is 6.35. The molecule has 7 nitrogen and oxygen atoms in total. The Labute approximate surface area is 227 Å². The van der Waals surface area contributed by atoms with Gasteiger partial charge in [0.2, 0.25) is 0 Å². The van der Waals surface area contributed by atoms with Gasteiger partial charge in [-0.05, 0) is 54.3 Å². The molecule has 3 aromatic rings. The number of carbonyl (C=O) groups is 2. The van der Waals surface area contributed by atoms with E-state index >= 15 is 0 Å². The van der Waals surface area contributed by atoms with Gasteiger partial charge >= 0.3 is 0 Å². The van der Waals surface area contributed by atoms with Crippen LogP contribution in [0.1, 0.15) is 36.6 Å². The van der Waals surface area contributed by atoms with Crippen molar-refractivity contribution in [2.75, 3.05) is 25.7 Å². The first-order valence-corrected chi connectivity index (χ1v) is 12.6. The number of hydrogen-bond donors (Lipinski definition) is 1. The van der Waals surface area contributed by atoms with Crippen molar-refractivity contribution in [2.24, 2.45) is 5.92 Å². The average Bonchev–Trinajstić information content (AvgIpc) is 3.17. The summed E-state index contributed by atoms with van der Waals surface area (Å²) in [6, 6.07) is 16.5. The van der Waals surface area contributed by atoms with E-state index in [4.69, 9.17) is 25.8 Å².